The average Bonchev–Trinajstić information content (AvgIpc) is 3.59. The largest absolute Gasteiger partial charge is 0.416 e. The molecule has 2 saturated carbocycles. The predicted octanol–water partition coefficient (Wildman–Crippen LogP) is 9.10. The minimum absolute atomic E-state index is 0.0197. The first kappa shape index (κ1) is 33.5. The number of pyridine rings is 1. The number of rotatable bonds is 9. The number of carbonyl (C=O) groups is 2. The van der Waals surface area contributed by atoms with Crippen molar-refractivity contribution in [3.63, 3.8) is 0 Å². The number of likely N-dealkylation sites (N-methyl/N-ethyl adjacent to an activating group) is 1. The number of anilines is 1. The van der Waals surface area contributed by atoms with Crippen LogP contribution in [0.15, 0.2) is 47.6 Å². The summed E-state index contributed by atoms with van der Waals surface area (Å²) in [5, 5.41) is 0. The normalized spacial score (nSPS) is 26.0. The summed E-state index contributed by atoms with van der Waals surface area (Å²) in [6.07, 6.45) is -3.77. The van der Waals surface area contributed by atoms with Gasteiger partial charge in [0.05, 0.1) is 5.56 Å². The van der Waals surface area contributed by atoms with Crippen LogP contribution < -0.4 is 4.90 Å². The summed E-state index contributed by atoms with van der Waals surface area (Å²) in [6, 6.07) is -0.297. The average molecular weight is 676 g/mol. The van der Waals surface area contributed by atoms with Crippen molar-refractivity contribution in [3.8, 4) is 0 Å². The van der Waals surface area contributed by atoms with Crippen molar-refractivity contribution in [2.75, 3.05) is 18.5 Å². The summed E-state index contributed by atoms with van der Waals surface area (Å²) in [5.74, 6) is -5.24. The smallest absolute Gasteiger partial charge is 0.297 e. The molecule has 2 aliphatic carbocycles. The van der Waals surface area contributed by atoms with Crippen LogP contribution in [0.2, 0.25) is 0 Å². The van der Waals surface area contributed by atoms with E-state index in [4.69, 9.17) is 0 Å². The Morgan fingerprint density at radius 3 is 2.16 bits per heavy atom. The van der Waals surface area contributed by atoms with Crippen LogP contribution in [0.5, 0.6) is 0 Å². The molecule has 3 atom stereocenters. The minimum atomic E-state index is -10.2. The number of aromatic nitrogens is 1. The van der Waals surface area contributed by atoms with Crippen molar-refractivity contribution in [2.45, 2.75) is 79.9 Å². The highest BCUT2D eigenvalue weighted by molar-refractivity contribution is 8.45. The maximum absolute atomic E-state index is 14.4. The highest BCUT2D eigenvalue weighted by Gasteiger charge is 2.68. The van der Waals surface area contributed by atoms with Crippen molar-refractivity contribution in [2.24, 2.45) is 11.8 Å². The Hall–Kier alpha value is -2.88. The molecule has 1 aromatic heterocycles. The standard InChI is InChI=1S/C29H31F10N3O2S/c1-41-15-11-19-16-28(19,41)26(44)42(20-3-5-21(6-4-20)45(35,36,37,38)39)25(22-17-40-14-10-23(22)29(32,33)34)24(43)7-2-18-8-12-27(30,31)13-9-18/h3-6,10,14,17-19,25H,2,7-9,11-13,15-16H2,1H3/t19-,25?,28+/m0/s1. The molecule has 0 radical (unpaired) electrons. The molecule has 1 unspecified atom stereocenters. The van der Waals surface area contributed by atoms with Crippen LogP contribution in [0.3, 0.4) is 0 Å². The van der Waals surface area contributed by atoms with Gasteiger partial charge < -0.3 is 0 Å². The molecule has 1 aliphatic heterocycles. The van der Waals surface area contributed by atoms with Gasteiger partial charge in [0.1, 0.15) is 16.5 Å². The maximum Gasteiger partial charge on any atom is 0.416 e. The quantitative estimate of drug-likeness (QED) is 0.249. The zero-order valence-electron chi connectivity index (χ0n) is 24.0. The van der Waals surface area contributed by atoms with Gasteiger partial charge in [0.25, 0.3) is 0 Å². The van der Waals surface area contributed by atoms with E-state index in [1.165, 1.54) is 0 Å². The first-order valence-corrected chi connectivity index (χ1v) is 16.3. The van der Waals surface area contributed by atoms with Crippen molar-refractivity contribution >= 4 is 27.6 Å². The maximum atomic E-state index is 14.4. The molecule has 2 heterocycles. The summed E-state index contributed by atoms with van der Waals surface area (Å²) in [6.45, 7) is 0.430. The number of halogens is 10. The molecule has 1 aromatic carbocycles. The zero-order chi connectivity index (χ0) is 33.3. The van der Waals surface area contributed by atoms with E-state index in [-0.39, 0.29) is 49.7 Å². The second kappa shape index (κ2) is 10.3. The van der Waals surface area contributed by atoms with Gasteiger partial charge in [-0.15, -0.1) is 0 Å². The van der Waals surface area contributed by atoms with Gasteiger partial charge in [0.2, 0.25) is 11.8 Å². The van der Waals surface area contributed by atoms with E-state index in [9.17, 15) is 51.0 Å². The number of Topliss-reactive ketones (excluding diaryl/α,β-unsaturated/α-hetero) is 1. The minimum Gasteiger partial charge on any atom is -0.297 e. The van der Waals surface area contributed by atoms with E-state index < -0.39 is 86.6 Å². The Balaban J connectivity index is 1.61. The molecule has 1 saturated heterocycles. The van der Waals surface area contributed by atoms with E-state index in [0.717, 1.165) is 12.4 Å². The number of carbonyl (C=O) groups excluding carboxylic acids is 2. The molecule has 5 rings (SSSR count). The molecular weight excluding hydrogens is 644 g/mol. The van der Waals surface area contributed by atoms with Crippen molar-refractivity contribution in [1.29, 1.82) is 0 Å². The fourth-order valence-electron chi connectivity index (χ4n) is 6.77. The third-order valence-electron chi connectivity index (χ3n) is 9.37. The highest BCUT2D eigenvalue weighted by atomic mass is 32.5. The number of likely N-dealkylation sites (tertiary alicyclic amines) is 1. The molecule has 0 spiro atoms. The molecule has 1 amide bonds. The van der Waals surface area contributed by atoms with Crippen molar-refractivity contribution in [1.82, 2.24) is 9.88 Å². The molecule has 0 N–H and O–H groups in total. The van der Waals surface area contributed by atoms with Crippen LogP contribution in [-0.4, -0.2) is 46.6 Å². The van der Waals surface area contributed by atoms with Gasteiger partial charge in [-0.25, -0.2) is 8.78 Å². The summed E-state index contributed by atoms with van der Waals surface area (Å²) >= 11 is 0. The number of nitrogens with zero attached hydrogens (tertiary/aromatic N) is 3. The first-order valence-electron chi connectivity index (χ1n) is 14.3. The zero-order valence-corrected chi connectivity index (χ0v) is 24.8. The Kier molecular flexibility index (Phi) is 7.67. The number of fused-ring (bicyclic) bond motifs is 1. The molecule has 45 heavy (non-hydrogen) atoms. The Labute approximate surface area is 252 Å². The van der Waals surface area contributed by atoms with Crippen molar-refractivity contribution in [3.05, 3.63) is 53.9 Å². The van der Waals surface area contributed by atoms with Gasteiger partial charge in [-0.2, -0.15) is 13.2 Å². The van der Waals surface area contributed by atoms with Crippen LogP contribution in [0.25, 0.3) is 0 Å². The van der Waals surface area contributed by atoms with Gasteiger partial charge in [-0.05, 0) is 87.9 Å². The van der Waals surface area contributed by atoms with Gasteiger partial charge in [0, 0.05) is 42.9 Å². The van der Waals surface area contributed by atoms with Crippen LogP contribution in [-0.2, 0) is 15.8 Å². The van der Waals surface area contributed by atoms with Gasteiger partial charge in [-0.3, -0.25) is 24.4 Å². The monoisotopic (exact) mass is 675 g/mol. The molecule has 3 fully saturated rings. The molecule has 3 aliphatic rings. The predicted molar refractivity (Wildman–Crippen MR) is 147 cm³/mol. The Morgan fingerprint density at radius 1 is 1.02 bits per heavy atom. The summed E-state index contributed by atoms with van der Waals surface area (Å²) in [5.41, 5.74) is -3.81. The van der Waals surface area contributed by atoms with Crippen LogP contribution in [0.4, 0.5) is 47.1 Å². The fourth-order valence-corrected chi connectivity index (χ4v) is 7.42. The molecular formula is C29H31F10N3O2S. The number of alkyl halides is 5. The summed E-state index contributed by atoms with van der Waals surface area (Å²) in [4.78, 5) is 32.2. The number of hydrogen-bond acceptors (Lipinski definition) is 4. The van der Waals surface area contributed by atoms with E-state index >= 15 is 0 Å². The number of ketones is 1. The second-order valence-electron chi connectivity index (χ2n) is 12.3. The van der Waals surface area contributed by atoms with Gasteiger partial charge in [-0.1, -0.05) is 19.4 Å². The lowest BCUT2D eigenvalue weighted by Crippen LogP contribution is -2.51. The molecule has 16 heteroatoms. The lowest BCUT2D eigenvalue weighted by atomic mass is 9.82. The molecule has 2 aromatic rings. The fraction of sp³-hybridized carbons (Fsp3) is 0.552. The summed E-state index contributed by atoms with van der Waals surface area (Å²) < 4.78 is 138. The van der Waals surface area contributed by atoms with E-state index in [2.05, 4.69) is 4.98 Å². The number of benzene rings is 1. The lowest BCUT2D eigenvalue weighted by Gasteiger charge is -2.41. The van der Waals surface area contributed by atoms with Crippen LogP contribution in [0.1, 0.15) is 68.5 Å². The first-order chi connectivity index (χ1) is 20.5. The van der Waals surface area contributed by atoms with Crippen LogP contribution >= 0.6 is 10.2 Å². The number of piperidine rings is 1. The highest BCUT2D eigenvalue weighted by Crippen LogP contribution is 3.02. The SMILES string of the molecule is CN1CC[C@H]2C[C@]21C(=O)N(c1ccc(S(F)(F)(F)(F)F)cc1)C(C(=O)CCC1CCC(F)(F)CC1)c1cnccc1C(F)(F)F. The molecule has 250 valence electrons. The third kappa shape index (κ3) is 6.67. The second-order valence-corrected chi connectivity index (χ2v) is 14.8. The topological polar surface area (TPSA) is 53.5 Å². The van der Waals surface area contributed by atoms with Gasteiger partial charge >= 0.3 is 16.4 Å². The molecule has 5 nitrogen and oxygen atoms in total. The van der Waals surface area contributed by atoms with E-state index in [1.807, 2.05) is 0 Å². The van der Waals surface area contributed by atoms with E-state index in [1.54, 1.807) is 11.9 Å². The van der Waals surface area contributed by atoms with Crippen molar-refractivity contribution < 1.29 is 51.0 Å². The number of amides is 1. The van der Waals surface area contributed by atoms with Gasteiger partial charge in [0.15, 0.2) is 5.78 Å². The Morgan fingerprint density at radius 2 is 1.64 bits per heavy atom. The van der Waals surface area contributed by atoms with E-state index in [0.29, 0.717) is 36.1 Å². The molecule has 0 bridgehead atoms. The number of hydrogen-bond donors (Lipinski definition) is 0. The third-order valence-corrected chi connectivity index (χ3v) is 10.5. The summed E-state index contributed by atoms with van der Waals surface area (Å²) in [7, 11) is -8.57. The van der Waals surface area contributed by atoms with Crippen LogP contribution in [0, 0.1) is 11.8 Å². The Bertz CT molecular complexity index is 1470. The lowest BCUT2D eigenvalue weighted by molar-refractivity contribution is -0.139.